The van der Waals surface area contributed by atoms with Gasteiger partial charge >= 0.3 is 5.97 Å². The molecule has 1 aliphatic heterocycles. The maximum atomic E-state index is 12.8. The highest BCUT2D eigenvalue weighted by atomic mass is 28.4. The molecule has 2 aromatic carbocycles. The summed E-state index contributed by atoms with van der Waals surface area (Å²) in [7, 11) is -4.59. The topological polar surface area (TPSA) is 44.8 Å². The Morgan fingerprint density at radius 2 is 1.33 bits per heavy atom. The quantitative estimate of drug-likeness (QED) is 0.329. The van der Waals surface area contributed by atoms with Crippen LogP contribution in [0.15, 0.2) is 72.8 Å². The molecular weight excluding hydrogens is 444 g/mol. The van der Waals surface area contributed by atoms with Gasteiger partial charge in [0.25, 0.3) is 8.32 Å². The minimum Gasteiger partial charge on any atom is -0.461 e. The molecule has 0 amide bonds. The van der Waals surface area contributed by atoms with E-state index in [0.717, 1.165) is 0 Å². The van der Waals surface area contributed by atoms with Gasteiger partial charge in [0, 0.05) is 6.42 Å². The molecule has 0 bridgehead atoms. The van der Waals surface area contributed by atoms with Crippen LogP contribution in [0, 0.1) is 0 Å². The average molecular weight is 483 g/mol. The Kier molecular flexibility index (Phi) is 8.16. The monoisotopic (exact) mass is 482 g/mol. The van der Waals surface area contributed by atoms with E-state index in [-0.39, 0.29) is 23.7 Å². The molecule has 0 saturated carbocycles. The van der Waals surface area contributed by atoms with Crippen molar-refractivity contribution in [2.45, 2.75) is 70.5 Å². The highest BCUT2D eigenvalue weighted by Crippen LogP contribution is 2.38. The molecule has 0 aliphatic carbocycles. The standard InChI is InChI=1S/C27H38O4Si2/c1-27(2,3)33(23-16-9-7-10-17-23,24-18-11-8-12-19-24)30-22-15-13-14-20-25(26(28)29-21-22)31-32(4,5)6/h7-14,16-19,22,25H,15,20-21H2,1-6H3/b14-13-/t22-,25-/m1/s1. The van der Waals surface area contributed by atoms with Crippen LogP contribution in [0.3, 0.4) is 0 Å². The lowest BCUT2D eigenvalue weighted by atomic mass is 10.2. The van der Waals surface area contributed by atoms with Crippen LogP contribution >= 0.6 is 0 Å². The van der Waals surface area contributed by atoms with Crippen molar-refractivity contribution < 1.29 is 18.4 Å². The van der Waals surface area contributed by atoms with E-state index in [1.54, 1.807) is 0 Å². The average Bonchev–Trinajstić information content (AvgIpc) is 2.83. The molecular formula is C27H38O4Si2. The van der Waals surface area contributed by atoms with Gasteiger partial charge in [0.2, 0.25) is 0 Å². The maximum Gasteiger partial charge on any atom is 0.334 e. The Labute approximate surface area is 201 Å². The molecule has 0 unspecified atom stereocenters. The van der Waals surface area contributed by atoms with E-state index in [1.165, 1.54) is 10.4 Å². The molecule has 33 heavy (non-hydrogen) atoms. The SMILES string of the molecule is CC(C)(C)[Si](O[C@@H]1C/C=C\C[C@@H](O[Si](C)(C)C)C(=O)OC1)(c1ccccc1)c1ccccc1. The number of hydrogen-bond acceptors (Lipinski definition) is 4. The van der Waals surface area contributed by atoms with Gasteiger partial charge in [-0.15, -0.1) is 0 Å². The maximum absolute atomic E-state index is 12.8. The Balaban J connectivity index is 1.96. The molecule has 2 aromatic rings. The van der Waals surface area contributed by atoms with Gasteiger partial charge in [0.05, 0.1) is 6.10 Å². The summed E-state index contributed by atoms with van der Waals surface area (Å²) >= 11 is 0. The number of cyclic esters (lactones) is 1. The lowest BCUT2D eigenvalue weighted by Gasteiger charge is -2.45. The molecule has 1 aliphatic rings. The lowest BCUT2D eigenvalue weighted by molar-refractivity contribution is -0.154. The van der Waals surface area contributed by atoms with Crippen LogP contribution < -0.4 is 10.4 Å². The van der Waals surface area contributed by atoms with Gasteiger partial charge < -0.3 is 13.6 Å². The molecule has 0 fully saturated rings. The van der Waals surface area contributed by atoms with Gasteiger partial charge in [-0.05, 0) is 41.5 Å². The van der Waals surface area contributed by atoms with Crippen molar-refractivity contribution >= 4 is 33.0 Å². The summed E-state index contributed by atoms with van der Waals surface area (Å²) in [5.74, 6) is -0.292. The number of carbonyl (C=O) groups is 1. The summed E-state index contributed by atoms with van der Waals surface area (Å²) in [5, 5.41) is 2.31. The molecule has 4 nitrogen and oxygen atoms in total. The molecule has 6 heteroatoms. The summed E-state index contributed by atoms with van der Waals surface area (Å²) in [6.07, 6.45) is 4.61. The molecule has 0 aromatic heterocycles. The highest BCUT2D eigenvalue weighted by molar-refractivity contribution is 6.99. The first kappa shape index (κ1) is 25.6. The molecule has 0 spiro atoms. The predicted molar refractivity (Wildman–Crippen MR) is 140 cm³/mol. The molecule has 3 rings (SSSR count). The van der Waals surface area contributed by atoms with Crippen molar-refractivity contribution in [2.75, 3.05) is 6.61 Å². The summed E-state index contributed by atoms with van der Waals surface area (Å²) < 4.78 is 19.0. The molecule has 0 radical (unpaired) electrons. The Morgan fingerprint density at radius 1 is 0.818 bits per heavy atom. The van der Waals surface area contributed by atoms with Crippen LogP contribution in [0.4, 0.5) is 0 Å². The van der Waals surface area contributed by atoms with Gasteiger partial charge in [-0.2, -0.15) is 0 Å². The first-order valence-electron chi connectivity index (χ1n) is 11.8. The summed E-state index contributed by atoms with van der Waals surface area (Å²) in [6.45, 7) is 13.3. The van der Waals surface area contributed by atoms with Crippen molar-refractivity contribution in [3.05, 3.63) is 72.8 Å². The Hall–Kier alpha value is -2.00. The first-order chi connectivity index (χ1) is 15.5. The summed E-state index contributed by atoms with van der Waals surface area (Å²) in [5.41, 5.74) is 0. The van der Waals surface area contributed by atoms with E-state index < -0.39 is 22.7 Å². The third-order valence-electron chi connectivity index (χ3n) is 5.85. The first-order valence-corrected chi connectivity index (χ1v) is 17.1. The van der Waals surface area contributed by atoms with E-state index in [2.05, 4.69) is 95.0 Å². The van der Waals surface area contributed by atoms with Gasteiger partial charge in [0.15, 0.2) is 8.32 Å². The fraction of sp³-hybridized carbons (Fsp3) is 0.444. The van der Waals surface area contributed by atoms with Crippen LogP contribution in [-0.4, -0.2) is 41.4 Å². The number of hydrogen-bond donors (Lipinski definition) is 0. The zero-order valence-corrected chi connectivity index (χ0v) is 22.8. The summed E-state index contributed by atoms with van der Waals surface area (Å²) in [6, 6.07) is 21.1. The van der Waals surface area contributed by atoms with Crippen molar-refractivity contribution in [3.8, 4) is 0 Å². The van der Waals surface area contributed by atoms with Crippen molar-refractivity contribution in [1.82, 2.24) is 0 Å². The smallest absolute Gasteiger partial charge is 0.334 e. The zero-order chi connectivity index (χ0) is 24.1. The van der Waals surface area contributed by atoms with Crippen molar-refractivity contribution in [1.29, 1.82) is 0 Å². The molecule has 1 heterocycles. The van der Waals surface area contributed by atoms with Crippen molar-refractivity contribution in [3.63, 3.8) is 0 Å². The predicted octanol–water partition coefficient (Wildman–Crippen LogP) is 5.04. The number of carbonyl (C=O) groups excluding carboxylic acids is 1. The van der Waals surface area contributed by atoms with Gasteiger partial charge in [0.1, 0.15) is 12.7 Å². The third kappa shape index (κ3) is 6.32. The number of benzene rings is 2. The number of esters is 1. The second-order valence-corrected chi connectivity index (χ2v) is 19.4. The van der Waals surface area contributed by atoms with E-state index >= 15 is 0 Å². The van der Waals surface area contributed by atoms with E-state index in [4.69, 9.17) is 13.6 Å². The molecule has 2 atom stereocenters. The second kappa shape index (κ2) is 10.5. The van der Waals surface area contributed by atoms with E-state index in [1.807, 2.05) is 18.2 Å². The molecule has 0 N–H and O–H groups in total. The van der Waals surface area contributed by atoms with Crippen LogP contribution in [0.25, 0.3) is 0 Å². The lowest BCUT2D eigenvalue weighted by Crippen LogP contribution is -2.68. The largest absolute Gasteiger partial charge is 0.461 e. The highest BCUT2D eigenvalue weighted by Gasteiger charge is 2.51. The fourth-order valence-corrected chi connectivity index (χ4v) is 10.2. The second-order valence-electron chi connectivity index (χ2n) is 10.7. The van der Waals surface area contributed by atoms with Gasteiger partial charge in [-0.3, -0.25) is 0 Å². The van der Waals surface area contributed by atoms with Gasteiger partial charge in [-0.1, -0.05) is 93.6 Å². The summed E-state index contributed by atoms with van der Waals surface area (Å²) in [4.78, 5) is 12.8. The number of rotatable bonds is 6. The minimum absolute atomic E-state index is 0.134. The van der Waals surface area contributed by atoms with Gasteiger partial charge in [-0.25, -0.2) is 4.79 Å². The van der Waals surface area contributed by atoms with E-state index in [9.17, 15) is 4.79 Å². The fourth-order valence-electron chi connectivity index (χ4n) is 4.45. The van der Waals surface area contributed by atoms with Crippen LogP contribution in [-0.2, 0) is 18.4 Å². The minimum atomic E-state index is -2.72. The van der Waals surface area contributed by atoms with Crippen LogP contribution in [0.5, 0.6) is 0 Å². The third-order valence-corrected chi connectivity index (χ3v) is 11.9. The Bertz CT molecular complexity index is 891. The number of ether oxygens (including phenoxy) is 1. The molecule has 0 saturated heterocycles. The zero-order valence-electron chi connectivity index (χ0n) is 20.8. The normalized spacial score (nSPS) is 21.5. The van der Waals surface area contributed by atoms with E-state index in [0.29, 0.717) is 12.8 Å². The van der Waals surface area contributed by atoms with Crippen molar-refractivity contribution in [2.24, 2.45) is 0 Å². The van der Waals surface area contributed by atoms with Crippen LogP contribution in [0.1, 0.15) is 33.6 Å². The molecule has 178 valence electrons. The van der Waals surface area contributed by atoms with Crippen LogP contribution in [0.2, 0.25) is 24.7 Å². The Morgan fingerprint density at radius 3 is 1.82 bits per heavy atom.